The molecule has 4 rings (SSSR count). The number of aromatic nitrogens is 1. The second kappa shape index (κ2) is 4.75. The summed E-state index contributed by atoms with van der Waals surface area (Å²) in [5, 5.41) is 1.13. The molecule has 0 atom stereocenters. The molecule has 0 aliphatic carbocycles. The van der Waals surface area contributed by atoms with Crippen molar-refractivity contribution >= 4 is 38.6 Å². The predicted octanol–water partition coefficient (Wildman–Crippen LogP) is 4.81. The van der Waals surface area contributed by atoms with Crippen LogP contribution >= 0.6 is 27.7 Å². The van der Waals surface area contributed by atoms with Crippen LogP contribution < -0.4 is 9.47 Å². The van der Waals surface area contributed by atoms with E-state index in [2.05, 4.69) is 33.0 Å². The molecular formula is C15H10BrNO2S. The average Bonchev–Trinajstić information content (AvgIpc) is 3.03. The van der Waals surface area contributed by atoms with Gasteiger partial charge in [0.05, 0.1) is 15.0 Å². The summed E-state index contributed by atoms with van der Waals surface area (Å²) in [5.41, 5.74) is 1.04. The number of rotatable bonds is 2. The number of aromatic amines is 1. The molecule has 20 heavy (non-hydrogen) atoms. The molecule has 0 radical (unpaired) electrons. The lowest BCUT2D eigenvalue weighted by Gasteiger charge is -2.01. The third kappa shape index (κ3) is 1.98. The topological polar surface area (TPSA) is 34.2 Å². The lowest BCUT2D eigenvalue weighted by molar-refractivity contribution is 0.174. The first-order chi connectivity index (χ1) is 9.81. The molecule has 1 aliphatic heterocycles. The van der Waals surface area contributed by atoms with E-state index < -0.39 is 0 Å². The van der Waals surface area contributed by atoms with Crippen molar-refractivity contribution in [2.45, 2.75) is 9.79 Å². The molecule has 0 saturated carbocycles. The Labute approximate surface area is 128 Å². The minimum atomic E-state index is 0.296. The molecule has 0 unspecified atom stereocenters. The van der Waals surface area contributed by atoms with Crippen molar-refractivity contribution in [3.63, 3.8) is 0 Å². The molecule has 3 aromatic rings. The van der Waals surface area contributed by atoms with Crippen molar-refractivity contribution in [1.82, 2.24) is 4.98 Å². The number of H-pyrrole nitrogens is 1. The Balaban J connectivity index is 1.84. The molecule has 5 heteroatoms. The van der Waals surface area contributed by atoms with Gasteiger partial charge in [-0.3, -0.25) is 0 Å². The summed E-state index contributed by atoms with van der Waals surface area (Å²) in [4.78, 5) is 5.69. The van der Waals surface area contributed by atoms with Crippen molar-refractivity contribution in [3.8, 4) is 11.5 Å². The fraction of sp³-hybridized carbons (Fsp3) is 0.0667. The molecule has 0 amide bonds. The van der Waals surface area contributed by atoms with Gasteiger partial charge in [0.15, 0.2) is 11.5 Å². The van der Waals surface area contributed by atoms with Crippen LogP contribution in [-0.2, 0) is 0 Å². The summed E-state index contributed by atoms with van der Waals surface area (Å²) in [7, 11) is 0. The first-order valence-corrected chi connectivity index (χ1v) is 7.76. The Morgan fingerprint density at radius 2 is 1.80 bits per heavy atom. The average molecular weight is 348 g/mol. The maximum atomic E-state index is 5.46. The number of ether oxygens (including phenoxy) is 2. The number of benzene rings is 2. The molecule has 0 spiro atoms. The monoisotopic (exact) mass is 347 g/mol. The highest BCUT2D eigenvalue weighted by molar-refractivity contribution is 9.10. The minimum Gasteiger partial charge on any atom is -0.454 e. The van der Waals surface area contributed by atoms with Gasteiger partial charge in [0.2, 0.25) is 6.79 Å². The molecule has 1 aromatic heterocycles. The van der Waals surface area contributed by atoms with E-state index in [1.54, 1.807) is 11.8 Å². The van der Waals surface area contributed by atoms with Crippen molar-refractivity contribution < 1.29 is 9.47 Å². The first kappa shape index (κ1) is 12.2. The second-order valence-electron chi connectivity index (χ2n) is 4.43. The lowest BCUT2D eigenvalue weighted by Crippen LogP contribution is -1.92. The van der Waals surface area contributed by atoms with E-state index in [1.165, 1.54) is 4.90 Å². The SMILES string of the molecule is Brc1[nH]c2cc3c(cc2c1Sc1ccccc1)OCO3. The van der Waals surface area contributed by atoms with Gasteiger partial charge in [-0.05, 0) is 34.1 Å². The van der Waals surface area contributed by atoms with Crippen LogP contribution in [-0.4, -0.2) is 11.8 Å². The van der Waals surface area contributed by atoms with Crippen molar-refractivity contribution in [3.05, 3.63) is 47.1 Å². The lowest BCUT2D eigenvalue weighted by atomic mass is 10.2. The summed E-state index contributed by atoms with van der Waals surface area (Å²) in [5.74, 6) is 1.60. The van der Waals surface area contributed by atoms with E-state index in [9.17, 15) is 0 Å². The number of hydrogen-bond donors (Lipinski definition) is 1. The second-order valence-corrected chi connectivity index (χ2v) is 6.31. The van der Waals surface area contributed by atoms with Gasteiger partial charge in [0.25, 0.3) is 0 Å². The maximum absolute atomic E-state index is 5.46. The summed E-state index contributed by atoms with van der Waals surface area (Å²) >= 11 is 5.32. The smallest absolute Gasteiger partial charge is 0.231 e. The Morgan fingerprint density at radius 3 is 2.60 bits per heavy atom. The van der Waals surface area contributed by atoms with Gasteiger partial charge in [-0.1, -0.05) is 30.0 Å². The van der Waals surface area contributed by atoms with Gasteiger partial charge in [-0.15, -0.1) is 0 Å². The highest BCUT2D eigenvalue weighted by atomic mass is 79.9. The van der Waals surface area contributed by atoms with Crippen LogP contribution in [0.15, 0.2) is 56.9 Å². The van der Waals surface area contributed by atoms with Crippen LogP contribution in [0.2, 0.25) is 0 Å². The zero-order chi connectivity index (χ0) is 13.5. The van der Waals surface area contributed by atoms with Crippen molar-refractivity contribution in [1.29, 1.82) is 0 Å². The standard InChI is InChI=1S/C15H10BrNO2S/c16-15-14(20-9-4-2-1-3-5-9)10-6-12-13(19-8-18-12)7-11(10)17-15/h1-7,17H,8H2. The molecule has 0 fully saturated rings. The zero-order valence-electron chi connectivity index (χ0n) is 10.4. The zero-order valence-corrected chi connectivity index (χ0v) is 12.8. The van der Waals surface area contributed by atoms with Crippen LogP contribution in [0.4, 0.5) is 0 Å². The van der Waals surface area contributed by atoms with Crippen LogP contribution in [0.25, 0.3) is 10.9 Å². The molecule has 1 N–H and O–H groups in total. The van der Waals surface area contributed by atoms with E-state index in [0.29, 0.717) is 6.79 Å². The minimum absolute atomic E-state index is 0.296. The van der Waals surface area contributed by atoms with Gasteiger partial charge < -0.3 is 14.5 Å². The first-order valence-electron chi connectivity index (χ1n) is 6.15. The molecule has 0 bridgehead atoms. The maximum Gasteiger partial charge on any atom is 0.231 e. The molecular weight excluding hydrogens is 338 g/mol. The number of halogens is 1. The van der Waals surface area contributed by atoms with Crippen LogP contribution in [0.5, 0.6) is 11.5 Å². The summed E-state index contributed by atoms with van der Waals surface area (Å²) in [6.07, 6.45) is 0. The van der Waals surface area contributed by atoms with Gasteiger partial charge in [-0.2, -0.15) is 0 Å². The number of hydrogen-bond acceptors (Lipinski definition) is 3. The fourth-order valence-electron chi connectivity index (χ4n) is 2.23. The molecule has 1 aliphatic rings. The third-order valence-corrected chi connectivity index (χ3v) is 5.16. The summed E-state index contributed by atoms with van der Waals surface area (Å²) in [6.45, 7) is 0.296. The van der Waals surface area contributed by atoms with Crippen LogP contribution in [0, 0.1) is 0 Å². The fourth-order valence-corrected chi connectivity index (χ4v) is 3.85. The highest BCUT2D eigenvalue weighted by Gasteiger charge is 2.19. The Morgan fingerprint density at radius 1 is 1.05 bits per heavy atom. The van der Waals surface area contributed by atoms with Crippen LogP contribution in [0.1, 0.15) is 0 Å². The Bertz CT molecular complexity index is 785. The van der Waals surface area contributed by atoms with Gasteiger partial charge in [-0.25, -0.2) is 0 Å². The Kier molecular flexibility index (Phi) is 2.89. The third-order valence-electron chi connectivity index (χ3n) is 3.16. The largest absolute Gasteiger partial charge is 0.454 e. The van der Waals surface area contributed by atoms with Gasteiger partial charge >= 0.3 is 0 Å². The van der Waals surface area contributed by atoms with Crippen molar-refractivity contribution in [2.75, 3.05) is 6.79 Å². The quantitative estimate of drug-likeness (QED) is 0.722. The normalized spacial score (nSPS) is 13.1. The van der Waals surface area contributed by atoms with E-state index in [0.717, 1.165) is 31.9 Å². The van der Waals surface area contributed by atoms with E-state index in [4.69, 9.17) is 9.47 Å². The molecule has 0 saturated heterocycles. The van der Waals surface area contributed by atoms with E-state index >= 15 is 0 Å². The van der Waals surface area contributed by atoms with Gasteiger partial charge in [0.1, 0.15) is 0 Å². The predicted molar refractivity (Wildman–Crippen MR) is 82.7 cm³/mol. The summed E-state index contributed by atoms with van der Waals surface area (Å²) in [6, 6.07) is 14.3. The Hall–Kier alpha value is -1.59. The van der Waals surface area contributed by atoms with E-state index in [1.807, 2.05) is 30.3 Å². The summed E-state index contributed by atoms with van der Waals surface area (Å²) < 4.78 is 11.8. The molecule has 2 heterocycles. The number of nitrogens with one attached hydrogen (secondary N) is 1. The number of fused-ring (bicyclic) bond motifs is 2. The van der Waals surface area contributed by atoms with Crippen LogP contribution in [0.3, 0.4) is 0 Å². The molecule has 100 valence electrons. The van der Waals surface area contributed by atoms with Gasteiger partial charge in [0, 0.05) is 16.3 Å². The highest BCUT2D eigenvalue weighted by Crippen LogP contribution is 2.44. The van der Waals surface area contributed by atoms with E-state index in [-0.39, 0.29) is 0 Å². The van der Waals surface area contributed by atoms with Crippen molar-refractivity contribution in [2.24, 2.45) is 0 Å². The molecule has 3 nitrogen and oxygen atoms in total. The molecule has 2 aromatic carbocycles.